The van der Waals surface area contributed by atoms with Gasteiger partial charge in [0.1, 0.15) is 11.2 Å². The third-order valence-electron chi connectivity index (χ3n) is 3.00. The van der Waals surface area contributed by atoms with Crippen molar-refractivity contribution in [2.75, 3.05) is 5.32 Å². The highest BCUT2D eigenvalue weighted by Crippen LogP contribution is 2.46. The summed E-state index contributed by atoms with van der Waals surface area (Å²) in [7, 11) is 0. The fraction of sp³-hybridized carbons (Fsp3) is 0.333. The van der Waals surface area contributed by atoms with Crippen LogP contribution in [0.5, 0.6) is 5.75 Å². The van der Waals surface area contributed by atoms with Crippen LogP contribution < -0.4 is 10.1 Å². The lowest BCUT2D eigenvalue weighted by atomic mass is 10.1. The van der Waals surface area contributed by atoms with Crippen molar-refractivity contribution in [1.29, 1.82) is 0 Å². The molecule has 108 valence electrons. The summed E-state index contributed by atoms with van der Waals surface area (Å²) in [6.45, 7) is -3.00. The molecule has 1 fully saturated rings. The molecule has 1 aliphatic carbocycles. The Labute approximate surface area is 117 Å². The third kappa shape index (κ3) is 2.82. The monoisotopic (exact) mass is 305 g/mol. The number of aliphatic carboxylic acids is 1. The maximum absolute atomic E-state index is 12.0. The minimum atomic E-state index is -3.00. The summed E-state index contributed by atoms with van der Waals surface area (Å²) in [5, 5.41) is 11.3. The van der Waals surface area contributed by atoms with Crippen molar-refractivity contribution in [1.82, 2.24) is 0 Å². The van der Waals surface area contributed by atoms with Gasteiger partial charge in [-0.25, -0.2) is 0 Å². The average Bonchev–Trinajstić information content (AvgIpc) is 3.13. The van der Waals surface area contributed by atoms with E-state index >= 15 is 0 Å². The van der Waals surface area contributed by atoms with E-state index in [4.69, 9.17) is 16.7 Å². The maximum atomic E-state index is 12.0. The molecule has 0 atom stereocenters. The van der Waals surface area contributed by atoms with Gasteiger partial charge in [0.15, 0.2) is 0 Å². The smallest absolute Gasteiger partial charge is 0.387 e. The quantitative estimate of drug-likeness (QED) is 0.820. The Morgan fingerprint density at radius 3 is 2.50 bits per heavy atom. The Kier molecular flexibility index (Phi) is 3.80. The van der Waals surface area contributed by atoms with Crippen LogP contribution in [0, 0.1) is 5.41 Å². The van der Waals surface area contributed by atoms with Crippen LogP contribution in [-0.4, -0.2) is 23.6 Å². The van der Waals surface area contributed by atoms with Gasteiger partial charge in [-0.3, -0.25) is 9.59 Å². The fourth-order valence-corrected chi connectivity index (χ4v) is 1.91. The second-order valence-electron chi connectivity index (χ2n) is 4.37. The van der Waals surface area contributed by atoms with E-state index in [-0.39, 0.29) is 29.3 Å². The first-order valence-electron chi connectivity index (χ1n) is 5.64. The van der Waals surface area contributed by atoms with Crippen molar-refractivity contribution in [2.45, 2.75) is 19.5 Å². The number of halogens is 3. The SMILES string of the molecule is O=C(O)C1(C(=O)Nc2ccc(OC(F)F)c(Cl)c2)CC1. The third-order valence-corrected chi connectivity index (χ3v) is 3.30. The van der Waals surface area contributed by atoms with Crippen molar-refractivity contribution < 1.29 is 28.2 Å². The lowest BCUT2D eigenvalue weighted by Crippen LogP contribution is -2.31. The van der Waals surface area contributed by atoms with Crippen LogP contribution in [0.1, 0.15) is 12.8 Å². The van der Waals surface area contributed by atoms with Crippen LogP contribution in [0.25, 0.3) is 0 Å². The van der Waals surface area contributed by atoms with Crippen molar-refractivity contribution in [3.05, 3.63) is 23.2 Å². The predicted octanol–water partition coefficient (Wildman–Crippen LogP) is 2.74. The summed E-state index contributed by atoms with van der Waals surface area (Å²) in [4.78, 5) is 22.8. The molecule has 2 N–H and O–H groups in total. The van der Waals surface area contributed by atoms with E-state index in [1.54, 1.807) is 0 Å². The summed E-state index contributed by atoms with van der Waals surface area (Å²) in [5.41, 5.74) is -1.17. The zero-order chi connectivity index (χ0) is 14.9. The molecule has 0 aromatic heterocycles. The van der Waals surface area contributed by atoms with E-state index in [9.17, 15) is 18.4 Å². The van der Waals surface area contributed by atoms with Crippen molar-refractivity contribution >= 4 is 29.2 Å². The van der Waals surface area contributed by atoms with Crippen LogP contribution in [0.2, 0.25) is 5.02 Å². The van der Waals surface area contributed by atoms with Crippen LogP contribution in [0.3, 0.4) is 0 Å². The molecule has 0 bridgehead atoms. The van der Waals surface area contributed by atoms with Crippen LogP contribution in [-0.2, 0) is 9.59 Å². The molecule has 1 aromatic carbocycles. The highest BCUT2D eigenvalue weighted by atomic mass is 35.5. The number of carbonyl (C=O) groups is 2. The van der Waals surface area contributed by atoms with E-state index in [0.717, 1.165) is 0 Å². The molecule has 1 amide bonds. The lowest BCUT2D eigenvalue weighted by Gasteiger charge is -2.12. The Balaban J connectivity index is 2.09. The minimum Gasteiger partial charge on any atom is -0.480 e. The first-order chi connectivity index (χ1) is 9.35. The average molecular weight is 306 g/mol. The zero-order valence-electron chi connectivity index (χ0n) is 10.0. The molecule has 20 heavy (non-hydrogen) atoms. The molecule has 8 heteroatoms. The zero-order valence-corrected chi connectivity index (χ0v) is 10.8. The number of hydrogen-bond acceptors (Lipinski definition) is 3. The predicted molar refractivity (Wildman–Crippen MR) is 66.0 cm³/mol. The van der Waals surface area contributed by atoms with E-state index in [1.807, 2.05) is 0 Å². The summed E-state index contributed by atoms with van der Waals surface area (Å²) in [6.07, 6.45) is 0.545. The van der Waals surface area contributed by atoms with Crippen LogP contribution >= 0.6 is 11.6 Å². The molecule has 0 aliphatic heterocycles. The molecule has 0 unspecified atom stereocenters. The van der Waals surface area contributed by atoms with Crippen LogP contribution in [0.15, 0.2) is 18.2 Å². The van der Waals surface area contributed by atoms with E-state index in [0.29, 0.717) is 0 Å². The second-order valence-corrected chi connectivity index (χ2v) is 4.77. The summed E-state index contributed by atoms with van der Waals surface area (Å²) in [5.74, 6) is -2.05. The highest BCUT2D eigenvalue weighted by Gasteiger charge is 2.57. The summed E-state index contributed by atoms with van der Waals surface area (Å²) < 4.78 is 28.2. The molecule has 2 rings (SSSR count). The van der Waals surface area contributed by atoms with E-state index < -0.39 is 23.9 Å². The molecule has 0 heterocycles. The van der Waals surface area contributed by atoms with Gasteiger partial charge in [0, 0.05) is 5.69 Å². The number of carboxylic acid groups (broad SMARTS) is 1. The largest absolute Gasteiger partial charge is 0.480 e. The van der Waals surface area contributed by atoms with Gasteiger partial charge in [-0.05, 0) is 31.0 Å². The normalized spacial score (nSPS) is 15.8. The van der Waals surface area contributed by atoms with Gasteiger partial charge in [-0.15, -0.1) is 0 Å². The molecule has 0 saturated heterocycles. The van der Waals surface area contributed by atoms with Crippen molar-refractivity contribution in [3.8, 4) is 5.75 Å². The Hall–Kier alpha value is -1.89. The van der Waals surface area contributed by atoms with Gasteiger partial charge >= 0.3 is 12.6 Å². The minimum absolute atomic E-state index is 0.108. The number of rotatable bonds is 5. The van der Waals surface area contributed by atoms with Crippen molar-refractivity contribution in [3.63, 3.8) is 0 Å². The number of ether oxygens (including phenoxy) is 1. The molecule has 0 radical (unpaired) electrons. The number of nitrogens with one attached hydrogen (secondary N) is 1. The molecule has 5 nitrogen and oxygen atoms in total. The lowest BCUT2D eigenvalue weighted by molar-refractivity contribution is -0.147. The maximum Gasteiger partial charge on any atom is 0.387 e. The summed E-state index contributed by atoms with van der Waals surface area (Å²) >= 11 is 5.72. The number of carbonyl (C=O) groups excluding carboxylic acids is 1. The number of alkyl halides is 2. The van der Waals surface area contributed by atoms with Gasteiger partial charge in [-0.1, -0.05) is 11.6 Å². The second kappa shape index (κ2) is 5.24. The molecular weight excluding hydrogens is 296 g/mol. The standard InChI is InChI=1S/C12H10ClF2NO4/c13-7-5-6(1-2-8(7)20-11(14)15)16-9(17)12(3-4-12)10(18)19/h1-2,5,11H,3-4H2,(H,16,17)(H,18,19). The van der Waals surface area contributed by atoms with E-state index in [2.05, 4.69) is 10.1 Å². The number of carboxylic acids is 1. The molecule has 0 spiro atoms. The van der Waals surface area contributed by atoms with Gasteiger partial charge in [-0.2, -0.15) is 8.78 Å². The van der Waals surface area contributed by atoms with Gasteiger partial charge in [0.2, 0.25) is 5.91 Å². The molecule has 1 saturated carbocycles. The number of hydrogen-bond donors (Lipinski definition) is 2. The van der Waals surface area contributed by atoms with Gasteiger partial charge in [0.05, 0.1) is 5.02 Å². The van der Waals surface area contributed by atoms with Gasteiger partial charge < -0.3 is 15.2 Å². The van der Waals surface area contributed by atoms with Crippen molar-refractivity contribution in [2.24, 2.45) is 5.41 Å². The van der Waals surface area contributed by atoms with Gasteiger partial charge in [0.25, 0.3) is 0 Å². The Morgan fingerprint density at radius 1 is 1.40 bits per heavy atom. The fourth-order valence-electron chi connectivity index (χ4n) is 1.68. The topological polar surface area (TPSA) is 75.6 Å². The van der Waals surface area contributed by atoms with Crippen LogP contribution in [0.4, 0.5) is 14.5 Å². The molecular formula is C12H10ClF2NO4. The Morgan fingerprint density at radius 2 is 2.05 bits per heavy atom. The molecule has 1 aliphatic rings. The first-order valence-corrected chi connectivity index (χ1v) is 6.02. The van der Waals surface area contributed by atoms with E-state index in [1.165, 1.54) is 18.2 Å². The highest BCUT2D eigenvalue weighted by molar-refractivity contribution is 6.32. The Bertz CT molecular complexity index is 560. The number of anilines is 1. The molecule has 1 aromatic rings. The number of benzene rings is 1. The summed E-state index contributed by atoms with van der Waals surface area (Å²) in [6, 6.07) is 3.69. The number of amides is 1. The first kappa shape index (κ1) is 14.5.